The Morgan fingerprint density at radius 3 is 2.18 bits per heavy atom. The van der Waals surface area contributed by atoms with Crippen molar-refractivity contribution in [3.05, 3.63) is 35.2 Å². The molecule has 2 rings (SSSR count). The number of hydrogen-bond acceptors (Lipinski definition) is 6. The Balaban J connectivity index is 2.58. The first-order valence-electron chi connectivity index (χ1n) is 6.18. The van der Waals surface area contributed by atoms with Crippen molar-refractivity contribution in [2.45, 2.75) is 24.5 Å². The van der Waals surface area contributed by atoms with Gasteiger partial charge in [0.15, 0.2) is 9.84 Å². The van der Waals surface area contributed by atoms with Crippen molar-refractivity contribution in [3.63, 3.8) is 0 Å². The van der Waals surface area contributed by atoms with Gasteiger partial charge in [0.2, 0.25) is 0 Å². The molecule has 1 fully saturated rings. The highest BCUT2D eigenvalue weighted by Crippen LogP contribution is 2.27. The number of halogens is 1. The Labute approximate surface area is 126 Å². The van der Waals surface area contributed by atoms with Gasteiger partial charge in [0.1, 0.15) is 16.3 Å². The Kier molecular flexibility index (Phi) is 3.82. The third-order valence-corrected chi connectivity index (χ3v) is 3.96. The van der Waals surface area contributed by atoms with Gasteiger partial charge in [0, 0.05) is 20.1 Å². The molecular weight excluding hydrogens is 315 g/mol. The minimum absolute atomic E-state index is 0.133. The molecule has 0 aliphatic carbocycles. The largest absolute Gasteiger partial charge is 0.419 e. The summed E-state index contributed by atoms with van der Waals surface area (Å²) in [4.78, 5) is 23.1. The summed E-state index contributed by atoms with van der Waals surface area (Å²) in [5.41, 5.74) is -0.638. The Morgan fingerprint density at radius 2 is 1.68 bits per heavy atom. The lowest BCUT2D eigenvalue weighted by atomic mass is 10.1. The number of ether oxygens (including phenoxy) is 2. The maximum Gasteiger partial charge on any atom is 0.348 e. The molecule has 0 spiro atoms. The number of rotatable bonds is 2. The van der Waals surface area contributed by atoms with Crippen molar-refractivity contribution in [2.24, 2.45) is 0 Å². The number of hydrogen-bond donors (Lipinski definition) is 0. The van der Waals surface area contributed by atoms with Crippen LogP contribution in [0.25, 0.3) is 6.08 Å². The van der Waals surface area contributed by atoms with E-state index in [9.17, 15) is 22.4 Å². The van der Waals surface area contributed by atoms with E-state index in [0.717, 1.165) is 18.4 Å². The van der Waals surface area contributed by atoms with E-state index in [1.54, 1.807) is 0 Å². The zero-order valence-electron chi connectivity index (χ0n) is 12.0. The van der Waals surface area contributed by atoms with Gasteiger partial charge in [0.05, 0.1) is 0 Å². The van der Waals surface area contributed by atoms with Crippen LogP contribution in [0.4, 0.5) is 4.39 Å². The first-order chi connectivity index (χ1) is 10.0. The summed E-state index contributed by atoms with van der Waals surface area (Å²) in [6.45, 7) is 2.76. The summed E-state index contributed by atoms with van der Waals surface area (Å²) in [5.74, 6) is -4.32. The normalized spacial score (nSPS) is 17.7. The predicted octanol–water partition coefficient (Wildman–Crippen LogP) is 1.45. The van der Waals surface area contributed by atoms with E-state index < -0.39 is 43.8 Å². The molecule has 1 aliphatic heterocycles. The fraction of sp³-hybridized carbons (Fsp3) is 0.286. The molecule has 1 heterocycles. The second-order valence-corrected chi connectivity index (χ2v) is 7.12. The molecule has 1 saturated heterocycles. The molecular formula is C14H13FO6S. The zero-order valence-corrected chi connectivity index (χ0v) is 12.9. The minimum atomic E-state index is -3.90. The number of cyclic esters (lactones) is 2. The van der Waals surface area contributed by atoms with Crippen LogP contribution in [0.15, 0.2) is 28.7 Å². The molecule has 0 amide bonds. The van der Waals surface area contributed by atoms with Gasteiger partial charge in [-0.05, 0) is 17.7 Å². The van der Waals surface area contributed by atoms with Gasteiger partial charge < -0.3 is 9.47 Å². The van der Waals surface area contributed by atoms with Crippen LogP contribution < -0.4 is 0 Å². The number of esters is 2. The fourth-order valence-electron chi connectivity index (χ4n) is 1.96. The van der Waals surface area contributed by atoms with Crippen molar-refractivity contribution >= 4 is 27.9 Å². The average Bonchev–Trinajstić information content (AvgIpc) is 2.31. The quantitative estimate of drug-likeness (QED) is 0.464. The lowest BCUT2D eigenvalue weighted by Crippen LogP contribution is -2.41. The second kappa shape index (κ2) is 5.20. The highest BCUT2D eigenvalue weighted by molar-refractivity contribution is 7.90. The van der Waals surface area contributed by atoms with Crippen molar-refractivity contribution in [1.82, 2.24) is 0 Å². The van der Waals surface area contributed by atoms with Crippen LogP contribution in [0.2, 0.25) is 0 Å². The molecule has 1 aromatic rings. The highest BCUT2D eigenvalue weighted by atomic mass is 32.2. The van der Waals surface area contributed by atoms with Gasteiger partial charge in [-0.1, -0.05) is 12.1 Å². The van der Waals surface area contributed by atoms with Gasteiger partial charge in [-0.25, -0.2) is 22.4 Å². The van der Waals surface area contributed by atoms with Crippen LogP contribution >= 0.6 is 0 Å². The Morgan fingerprint density at radius 1 is 1.14 bits per heavy atom. The Hall–Kier alpha value is -2.22. The van der Waals surface area contributed by atoms with E-state index in [0.29, 0.717) is 0 Å². The molecule has 8 heteroatoms. The van der Waals surface area contributed by atoms with Gasteiger partial charge in [-0.15, -0.1) is 0 Å². The van der Waals surface area contributed by atoms with Gasteiger partial charge in [-0.3, -0.25) is 0 Å². The molecule has 0 unspecified atom stereocenters. The number of sulfone groups is 1. The summed E-state index contributed by atoms with van der Waals surface area (Å²) in [7, 11) is -3.90. The molecule has 0 atom stereocenters. The smallest absolute Gasteiger partial charge is 0.348 e. The molecule has 0 aromatic heterocycles. The third-order valence-electron chi connectivity index (χ3n) is 2.78. The lowest BCUT2D eigenvalue weighted by molar-refractivity contribution is -0.222. The van der Waals surface area contributed by atoms with E-state index in [-0.39, 0.29) is 5.56 Å². The maximum atomic E-state index is 13.8. The van der Waals surface area contributed by atoms with E-state index in [1.165, 1.54) is 26.0 Å². The lowest BCUT2D eigenvalue weighted by Gasteiger charge is -2.29. The van der Waals surface area contributed by atoms with E-state index in [1.807, 2.05) is 0 Å². The number of carbonyl (C=O) groups excluding carboxylic acids is 2. The van der Waals surface area contributed by atoms with Gasteiger partial charge >= 0.3 is 11.9 Å². The van der Waals surface area contributed by atoms with Crippen LogP contribution in [0.1, 0.15) is 19.4 Å². The monoisotopic (exact) mass is 328 g/mol. The van der Waals surface area contributed by atoms with Crippen LogP contribution in [-0.4, -0.2) is 32.4 Å². The first-order valence-corrected chi connectivity index (χ1v) is 8.07. The van der Waals surface area contributed by atoms with Crippen LogP contribution in [-0.2, 0) is 28.9 Å². The van der Waals surface area contributed by atoms with E-state index in [2.05, 4.69) is 0 Å². The molecule has 0 saturated carbocycles. The summed E-state index contributed by atoms with van der Waals surface area (Å²) < 4.78 is 46.9. The van der Waals surface area contributed by atoms with Crippen molar-refractivity contribution in [3.8, 4) is 0 Å². The highest BCUT2D eigenvalue weighted by Gasteiger charge is 2.39. The molecule has 1 aliphatic rings. The van der Waals surface area contributed by atoms with Crippen molar-refractivity contribution < 1.29 is 31.9 Å². The summed E-state index contributed by atoms with van der Waals surface area (Å²) in [5, 5.41) is 0. The van der Waals surface area contributed by atoms with Crippen LogP contribution in [0.5, 0.6) is 0 Å². The molecule has 0 bridgehead atoms. The Bertz CT molecular complexity index is 770. The van der Waals surface area contributed by atoms with Crippen molar-refractivity contribution in [1.29, 1.82) is 0 Å². The molecule has 6 nitrogen and oxygen atoms in total. The predicted molar refractivity (Wildman–Crippen MR) is 73.7 cm³/mol. The molecule has 118 valence electrons. The topological polar surface area (TPSA) is 86.7 Å². The maximum absolute atomic E-state index is 13.8. The van der Waals surface area contributed by atoms with E-state index >= 15 is 0 Å². The van der Waals surface area contributed by atoms with Crippen LogP contribution in [0, 0.1) is 5.82 Å². The SMILES string of the molecule is CC1(C)OC(=O)C(=Cc2cccc(F)c2S(C)(=O)=O)C(=O)O1. The molecule has 0 radical (unpaired) electrons. The minimum Gasteiger partial charge on any atom is -0.419 e. The molecule has 0 N–H and O–H groups in total. The van der Waals surface area contributed by atoms with Gasteiger partial charge in [-0.2, -0.15) is 0 Å². The van der Waals surface area contributed by atoms with Crippen LogP contribution in [0.3, 0.4) is 0 Å². The summed E-state index contributed by atoms with van der Waals surface area (Å²) in [6.07, 6.45) is 1.77. The van der Waals surface area contributed by atoms with Crippen molar-refractivity contribution in [2.75, 3.05) is 6.26 Å². The van der Waals surface area contributed by atoms with Gasteiger partial charge in [0.25, 0.3) is 5.79 Å². The third kappa shape index (κ3) is 3.16. The number of carbonyl (C=O) groups is 2. The zero-order chi connectivity index (χ0) is 16.7. The number of benzene rings is 1. The summed E-state index contributed by atoms with van der Waals surface area (Å²) in [6, 6.07) is 3.51. The summed E-state index contributed by atoms with van der Waals surface area (Å²) >= 11 is 0. The second-order valence-electron chi connectivity index (χ2n) is 5.17. The standard InChI is InChI=1S/C14H13FO6S/c1-14(2)20-12(16)9(13(17)21-14)7-8-5-4-6-10(15)11(8)22(3,18)19/h4-7H,1-3H3. The average molecular weight is 328 g/mol. The first kappa shape index (κ1) is 16.2. The van der Waals surface area contributed by atoms with E-state index in [4.69, 9.17) is 9.47 Å². The molecule has 22 heavy (non-hydrogen) atoms. The molecule has 1 aromatic carbocycles. The fourth-order valence-corrected chi connectivity index (χ4v) is 2.94.